The largest absolute Gasteiger partial charge is 0.297 e. The molecule has 0 aliphatic carbocycles. The van der Waals surface area contributed by atoms with E-state index >= 15 is 0 Å². The van der Waals surface area contributed by atoms with Gasteiger partial charge in [0, 0.05) is 0 Å². The first kappa shape index (κ1) is 17.9. The number of hydrogen-bond donors (Lipinski definition) is 0. The van der Waals surface area contributed by atoms with Gasteiger partial charge in [-0.25, -0.2) is 0 Å². The smallest absolute Gasteiger partial charge is 0.260 e. The van der Waals surface area contributed by atoms with E-state index in [1.165, 1.54) is 5.57 Å². The van der Waals surface area contributed by atoms with Crippen LogP contribution in [-0.2, 0) is 14.3 Å². The van der Waals surface area contributed by atoms with Crippen molar-refractivity contribution in [3.63, 3.8) is 0 Å². The molecule has 0 amide bonds. The van der Waals surface area contributed by atoms with Crippen LogP contribution >= 0.6 is 0 Å². The molecule has 1 unspecified atom stereocenters. The first-order valence-electron chi connectivity index (χ1n) is 7.34. The number of aryl methyl sites for hydroxylation is 1. The van der Waals surface area contributed by atoms with Crippen molar-refractivity contribution in [3.8, 4) is 0 Å². The lowest BCUT2D eigenvalue weighted by Gasteiger charge is -2.27. The summed E-state index contributed by atoms with van der Waals surface area (Å²) in [6.07, 6.45) is 4.25. The highest BCUT2D eigenvalue weighted by atomic mass is 32.2. The van der Waals surface area contributed by atoms with Crippen LogP contribution in [0.5, 0.6) is 0 Å². The molecule has 0 aliphatic rings. The van der Waals surface area contributed by atoms with Crippen molar-refractivity contribution in [2.75, 3.05) is 0 Å². The monoisotopic (exact) mass is 310 g/mol. The molecular weight excluding hydrogens is 284 g/mol. The average molecular weight is 310 g/mol. The standard InChI is InChI=1S/C17H26O3S/c1-6-17(5,13-7-8-14(2)3)20-21(18,19)16-11-9-15(4)10-12-16/h8-12H,6-7,13H2,1-5H3. The third kappa shape index (κ3) is 5.64. The van der Waals surface area contributed by atoms with Crippen LogP contribution in [0.25, 0.3) is 0 Å². The lowest BCUT2D eigenvalue weighted by molar-refractivity contribution is 0.0838. The number of benzene rings is 1. The molecule has 1 aromatic carbocycles. The zero-order chi connectivity index (χ0) is 16.1. The van der Waals surface area contributed by atoms with Crippen LogP contribution in [0.3, 0.4) is 0 Å². The summed E-state index contributed by atoms with van der Waals surface area (Å²) in [7, 11) is -3.72. The molecule has 0 heterocycles. The van der Waals surface area contributed by atoms with Crippen LogP contribution in [0.1, 0.15) is 52.5 Å². The van der Waals surface area contributed by atoms with Crippen molar-refractivity contribution in [3.05, 3.63) is 41.5 Å². The maximum atomic E-state index is 12.4. The van der Waals surface area contributed by atoms with Gasteiger partial charge in [-0.05, 0) is 59.1 Å². The molecule has 1 rings (SSSR count). The van der Waals surface area contributed by atoms with Crippen LogP contribution in [0.15, 0.2) is 40.8 Å². The molecule has 0 bridgehead atoms. The highest BCUT2D eigenvalue weighted by molar-refractivity contribution is 7.86. The summed E-state index contributed by atoms with van der Waals surface area (Å²) in [6.45, 7) is 9.80. The van der Waals surface area contributed by atoms with Gasteiger partial charge < -0.3 is 0 Å². The van der Waals surface area contributed by atoms with Crippen LogP contribution < -0.4 is 0 Å². The highest BCUT2D eigenvalue weighted by Gasteiger charge is 2.30. The van der Waals surface area contributed by atoms with E-state index in [4.69, 9.17) is 4.18 Å². The Labute approximate surface area is 129 Å². The number of rotatable bonds is 7. The lowest BCUT2D eigenvalue weighted by atomic mass is 9.97. The minimum absolute atomic E-state index is 0.218. The van der Waals surface area contributed by atoms with E-state index in [1.807, 2.05) is 34.6 Å². The van der Waals surface area contributed by atoms with Gasteiger partial charge in [0.2, 0.25) is 0 Å². The van der Waals surface area contributed by atoms with Gasteiger partial charge in [0.15, 0.2) is 0 Å². The second-order valence-corrected chi connectivity index (χ2v) is 7.52. The Morgan fingerprint density at radius 3 is 2.29 bits per heavy atom. The van der Waals surface area contributed by atoms with E-state index in [1.54, 1.807) is 24.3 Å². The van der Waals surface area contributed by atoms with Crippen molar-refractivity contribution < 1.29 is 12.6 Å². The maximum Gasteiger partial charge on any atom is 0.297 e. The summed E-state index contributed by atoms with van der Waals surface area (Å²) in [5.74, 6) is 0. The Bertz CT molecular complexity index is 581. The minimum atomic E-state index is -3.72. The molecule has 3 nitrogen and oxygen atoms in total. The van der Waals surface area contributed by atoms with E-state index in [-0.39, 0.29) is 4.90 Å². The van der Waals surface area contributed by atoms with Crippen LogP contribution in [0.4, 0.5) is 0 Å². The fraction of sp³-hybridized carbons (Fsp3) is 0.529. The van der Waals surface area contributed by atoms with E-state index in [0.717, 1.165) is 12.0 Å². The van der Waals surface area contributed by atoms with Crippen molar-refractivity contribution in [1.82, 2.24) is 0 Å². The third-order valence-electron chi connectivity index (χ3n) is 3.59. The topological polar surface area (TPSA) is 43.4 Å². The van der Waals surface area contributed by atoms with E-state index < -0.39 is 15.7 Å². The molecule has 0 aromatic heterocycles. The first-order chi connectivity index (χ1) is 9.68. The van der Waals surface area contributed by atoms with Crippen molar-refractivity contribution in [2.24, 2.45) is 0 Å². The summed E-state index contributed by atoms with van der Waals surface area (Å²) < 4.78 is 30.3. The van der Waals surface area contributed by atoms with E-state index in [9.17, 15) is 8.42 Å². The molecule has 0 radical (unpaired) electrons. The molecule has 118 valence electrons. The van der Waals surface area contributed by atoms with Crippen LogP contribution in [0, 0.1) is 6.92 Å². The molecule has 0 aliphatic heterocycles. The minimum Gasteiger partial charge on any atom is -0.260 e. The predicted octanol–water partition coefficient (Wildman–Crippen LogP) is 4.62. The zero-order valence-electron chi connectivity index (χ0n) is 13.6. The van der Waals surface area contributed by atoms with Crippen LogP contribution in [0.2, 0.25) is 0 Å². The molecule has 0 N–H and O–H groups in total. The average Bonchev–Trinajstić information content (AvgIpc) is 2.38. The molecular formula is C17H26O3S. The Kier molecular flexibility index (Phi) is 6.17. The summed E-state index contributed by atoms with van der Waals surface area (Å²) >= 11 is 0. The summed E-state index contributed by atoms with van der Waals surface area (Å²) in [5.41, 5.74) is 1.58. The first-order valence-corrected chi connectivity index (χ1v) is 8.75. The van der Waals surface area contributed by atoms with Crippen LogP contribution in [-0.4, -0.2) is 14.0 Å². The summed E-state index contributed by atoms with van der Waals surface area (Å²) in [4.78, 5) is 0.218. The quantitative estimate of drug-likeness (QED) is 0.545. The second-order valence-electron chi connectivity index (χ2n) is 5.97. The Morgan fingerprint density at radius 2 is 1.81 bits per heavy atom. The lowest BCUT2D eigenvalue weighted by Crippen LogP contribution is -2.31. The van der Waals surface area contributed by atoms with Gasteiger partial charge in [-0.3, -0.25) is 4.18 Å². The molecule has 21 heavy (non-hydrogen) atoms. The van der Waals surface area contributed by atoms with Crippen molar-refractivity contribution in [2.45, 2.75) is 64.4 Å². The van der Waals surface area contributed by atoms with Gasteiger partial charge in [0.25, 0.3) is 10.1 Å². The molecule has 0 fully saturated rings. The Hall–Kier alpha value is -1.13. The second kappa shape index (κ2) is 7.23. The SMILES string of the molecule is CCC(C)(CCC=C(C)C)OS(=O)(=O)c1ccc(C)cc1. The van der Waals surface area contributed by atoms with Gasteiger partial charge in [-0.2, -0.15) is 8.42 Å². The van der Waals surface area contributed by atoms with Crippen molar-refractivity contribution in [1.29, 1.82) is 0 Å². The number of hydrogen-bond acceptors (Lipinski definition) is 3. The Balaban J connectivity index is 2.88. The fourth-order valence-corrected chi connectivity index (χ4v) is 3.26. The van der Waals surface area contributed by atoms with E-state index in [0.29, 0.717) is 12.8 Å². The Morgan fingerprint density at radius 1 is 1.24 bits per heavy atom. The fourth-order valence-electron chi connectivity index (χ4n) is 1.96. The predicted molar refractivity (Wildman–Crippen MR) is 86.8 cm³/mol. The molecule has 1 aromatic rings. The van der Waals surface area contributed by atoms with Crippen molar-refractivity contribution >= 4 is 10.1 Å². The van der Waals surface area contributed by atoms with Gasteiger partial charge >= 0.3 is 0 Å². The molecule has 0 spiro atoms. The maximum absolute atomic E-state index is 12.4. The molecule has 0 saturated carbocycles. The normalized spacial score (nSPS) is 14.5. The highest BCUT2D eigenvalue weighted by Crippen LogP contribution is 2.28. The van der Waals surface area contributed by atoms with Gasteiger partial charge in [-0.15, -0.1) is 0 Å². The molecule has 0 saturated heterocycles. The number of allylic oxidation sites excluding steroid dienone is 2. The summed E-state index contributed by atoms with van der Waals surface area (Å²) in [6, 6.07) is 6.75. The molecule has 4 heteroatoms. The third-order valence-corrected chi connectivity index (χ3v) is 5.07. The molecule has 1 atom stereocenters. The van der Waals surface area contributed by atoms with Gasteiger partial charge in [-0.1, -0.05) is 36.3 Å². The van der Waals surface area contributed by atoms with E-state index in [2.05, 4.69) is 6.08 Å². The summed E-state index contributed by atoms with van der Waals surface area (Å²) in [5, 5.41) is 0. The van der Waals surface area contributed by atoms with Gasteiger partial charge in [0.05, 0.1) is 10.5 Å². The zero-order valence-corrected chi connectivity index (χ0v) is 14.5. The van der Waals surface area contributed by atoms with Gasteiger partial charge in [0.1, 0.15) is 0 Å².